The van der Waals surface area contributed by atoms with Crippen molar-refractivity contribution < 1.29 is 9.53 Å². The number of H-pyrrole nitrogens is 1. The van der Waals surface area contributed by atoms with E-state index in [4.69, 9.17) is 4.74 Å². The van der Waals surface area contributed by atoms with Crippen LogP contribution in [0.3, 0.4) is 0 Å². The maximum Gasteiger partial charge on any atom is 0.257 e. The smallest absolute Gasteiger partial charge is 0.257 e. The molecule has 2 N–H and O–H groups in total. The molecule has 5 nitrogen and oxygen atoms in total. The number of aromatic amines is 1. The number of carbonyl (C=O) groups excluding carboxylic acids is 1. The predicted octanol–water partition coefficient (Wildman–Crippen LogP) is 0.920. The Bertz CT molecular complexity index is 408. The van der Waals surface area contributed by atoms with Gasteiger partial charge in [-0.05, 0) is 6.42 Å². The summed E-state index contributed by atoms with van der Waals surface area (Å²) < 4.78 is 5.02. The van der Waals surface area contributed by atoms with Crippen LogP contribution in [0.2, 0.25) is 0 Å². The van der Waals surface area contributed by atoms with Crippen LogP contribution in [0.15, 0.2) is 23.3 Å². The summed E-state index contributed by atoms with van der Waals surface area (Å²) in [6.07, 6.45) is 4.68. The second kappa shape index (κ2) is 6.85. The summed E-state index contributed by atoms with van der Waals surface area (Å²) in [5, 5.41) is 2.79. The summed E-state index contributed by atoms with van der Waals surface area (Å²) in [5.41, 5.74) is -0.154. The van der Waals surface area contributed by atoms with Crippen LogP contribution in [0.25, 0.3) is 0 Å². The molecule has 0 saturated heterocycles. The second-order valence-electron chi connectivity index (χ2n) is 3.84. The van der Waals surface area contributed by atoms with Gasteiger partial charge in [0.1, 0.15) is 5.56 Å². The molecule has 0 bridgehead atoms. The molecule has 17 heavy (non-hydrogen) atoms. The van der Waals surface area contributed by atoms with Crippen LogP contribution in [0, 0.1) is 0 Å². The largest absolute Gasteiger partial charge is 0.383 e. The topological polar surface area (TPSA) is 71.2 Å². The van der Waals surface area contributed by atoms with E-state index in [0.717, 1.165) is 12.8 Å². The van der Waals surface area contributed by atoms with Gasteiger partial charge in [-0.3, -0.25) is 9.59 Å². The Morgan fingerprint density at radius 2 is 2.35 bits per heavy atom. The van der Waals surface area contributed by atoms with Crippen LogP contribution in [0.5, 0.6) is 0 Å². The lowest BCUT2D eigenvalue weighted by molar-refractivity contribution is 0.0890. The molecule has 5 heteroatoms. The first-order chi connectivity index (χ1) is 8.19. The van der Waals surface area contributed by atoms with Crippen molar-refractivity contribution >= 4 is 5.91 Å². The Morgan fingerprint density at radius 3 is 2.94 bits per heavy atom. The molecular weight excluding hydrogens is 220 g/mol. The number of ether oxygens (including phenoxy) is 1. The summed E-state index contributed by atoms with van der Waals surface area (Å²) in [7, 11) is 1.59. The Hall–Kier alpha value is -1.62. The van der Waals surface area contributed by atoms with Gasteiger partial charge in [0.15, 0.2) is 5.43 Å². The molecular formula is C12H18N2O3. The third kappa shape index (κ3) is 4.03. The van der Waals surface area contributed by atoms with Gasteiger partial charge in [0.05, 0.1) is 12.6 Å². The standard InChI is InChI=1S/C12H18N2O3/c1-3-4-9(8-17-2)14-12(16)10-7-13-6-5-11(10)15/h5-7,9H,3-4,8H2,1-2H3,(H,13,15)(H,14,16). The van der Waals surface area contributed by atoms with E-state index < -0.39 is 0 Å². The zero-order valence-corrected chi connectivity index (χ0v) is 10.2. The van der Waals surface area contributed by atoms with Crippen molar-refractivity contribution in [1.29, 1.82) is 0 Å². The lowest BCUT2D eigenvalue weighted by Gasteiger charge is -2.16. The van der Waals surface area contributed by atoms with Crippen LogP contribution in [0.4, 0.5) is 0 Å². The molecule has 1 unspecified atom stereocenters. The molecule has 1 rings (SSSR count). The van der Waals surface area contributed by atoms with E-state index >= 15 is 0 Å². The Labute approximate surface area is 100 Å². The van der Waals surface area contributed by atoms with Crippen molar-refractivity contribution in [3.8, 4) is 0 Å². The highest BCUT2D eigenvalue weighted by Crippen LogP contribution is 1.99. The number of rotatable bonds is 6. The molecule has 0 aliphatic carbocycles. The molecule has 0 saturated carbocycles. The number of carbonyl (C=O) groups is 1. The molecule has 0 aromatic carbocycles. The van der Waals surface area contributed by atoms with Crippen molar-refractivity contribution in [2.75, 3.05) is 13.7 Å². The van der Waals surface area contributed by atoms with Crippen molar-refractivity contribution in [1.82, 2.24) is 10.3 Å². The fourth-order valence-corrected chi connectivity index (χ4v) is 1.60. The maximum atomic E-state index is 11.8. The van der Waals surface area contributed by atoms with E-state index in [9.17, 15) is 9.59 Å². The van der Waals surface area contributed by atoms with Crippen LogP contribution >= 0.6 is 0 Å². The number of pyridine rings is 1. The highest BCUT2D eigenvalue weighted by Gasteiger charge is 2.14. The first-order valence-corrected chi connectivity index (χ1v) is 5.66. The van der Waals surface area contributed by atoms with Gasteiger partial charge in [-0.25, -0.2) is 0 Å². The van der Waals surface area contributed by atoms with Crippen molar-refractivity contribution in [2.45, 2.75) is 25.8 Å². The third-order valence-electron chi connectivity index (χ3n) is 2.41. The second-order valence-corrected chi connectivity index (χ2v) is 3.84. The molecule has 1 aromatic heterocycles. The van der Waals surface area contributed by atoms with E-state index in [0.29, 0.717) is 6.61 Å². The van der Waals surface area contributed by atoms with E-state index in [1.54, 1.807) is 7.11 Å². The molecule has 0 fully saturated rings. The molecule has 0 aliphatic rings. The van der Waals surface area contributed by atoms with Crippen LogP contribution in [0.1, 0.15) is 30.1 Å². The lowest BCUT2D eigenvalue weighted by Crippen LogP contribution is -2.39. The molecule has 1 heterocycles. The van der Waals surface area contributed by atoms with Gasteiger partial charge >= 0.3 is 0 Å². The van der Waals surface area contributed by atoms with Gasteiger partial charge < -0.3 is 15.0 Å². The van der Waals surface area contributed by atoms with E-state index in [2.05, 4.69) is 10.3 Å². The average molecular weight is 238 g/mol. The fraction of sp³-hybridized carbons (Fsp3) is 0.500. The van der Waals surface area contributed by atoms with Gasteiger partial charge in [0.25, 0.3) is 5.91 Å². The molecule has 0 radical (unpaired) electrons. The highest BCUT2D eigenvalue weighted by atomic mass is 16.5. The molecule has 1 aromatic rings. The summed E-state index contributed by atoms with van der Waals surface area (Å²) in [6.45, 7) is 2.48. The first-order valence-electron chi connectivity index (χ1n) is 5.66. The van der Waals surface area contributed by atoms with Gasteiger partial charge in [-0.2, -0.15) is 0 Å². The number of hydrogen-bond donors (Lipinski definition) is 2. The molecule has 1 atom stereocenters. The average Bonchev–Trinajstić information content (AvgIpc) is 2.30. The molecule has 1 amide bonds. The van der Waals surface area contributed by atoms with Crippen molar-refractivity contribution in [3.63, 3.8) is 0 Å². The predicted molar refractivity (Wildman–Crippen MR) is 65.1 cm³/mol. The van der Waals surface area contributed by atoms with Crippen LogP contribution < -0.4 is 10.7 Å². The summed E-state index contributed by atoms with van der Waals surface area (Å²) in [5.74, 6) is -0.359. The van der Waals surface area contributed by atoms with E-state index in [1.807, 2.05) is 6.92 Å². The minimum atomic E-state index is -0.359. The SMILES string of the molecule is CCCC(COC)NC(=O)c1c[nH]ccc1=O. The van der Waals surface area contributed by atoms with Crippen molar-refractivity contribution in [3.05, 3.63) is 34.2 Å². The quantitative estimate of drug-likeness (QED) is 0.774. The van der Waals surface area contributed by atoms with E-state index in [1.165, 1.54) is 18.5 Å². The van der Waals surface area contributed by atoms with Crippen molar-refractivity contribution in [2.24, 2.45) is 0 Å². The Kier molecular flexibility index (Phi) is 5.42. The van der Waals surface area contributed by atoms with Gasteiger partial charge in [0, 0.05) is 25.6 Å². The number of methoxy groups -OCH3 is 1. The summed E-state index contributed by atoms with van der Waals surface area (Å²) in [6, 6.07) is 1.28. The monoisotopic (exact) mass is 238 g/mol. The van der Waals surface area contributed by atoms with Gasteiger partial charge in [-0.15, -0.1) is 0 Å². The third-order valence-corrected chi connectivity index (χ3v) is 2.41. The Morgan fingerprint density at radius 1 is 1.59 bits per heavy atom. The van der Waals surface area contributed by atoms with Gasteiger partial charge in [-0.1, -0.05) is 13.3 Å². The highest BCUT2D eigenvalue weighted by molar-refractivity contribution is 5.93. The zero-order chi connectivity index (χ0) is 12.7. The minimum Gasteiger partial charge on any atom is -0.383 e. The van der Waals surface area contributed by atoms with Crippen LogP contribution in [-0.2, 0) is 4.74 Å². The first kappa shape index (κ1) is 13.4. The number of aromatic nitrogens is 1. The normalized spacial score (nSPS) is 12.1. The number of amides is 1. The fourth-order valence-electron chi connectivity index (χ4n) is 1.60. The Balaban J connectivity index is 2.70. The summed E-state index contributed by atoms with van der Waals surface area (Å²) >= 11 is 0. The van der Waals surface area contributed by atoms with E-state index in [-0.39, 0.29) is 22.9 Å². The number of nitrogens with one attached hydrogen (secondary N) is 2. The molecule has 0 spiro atoms. The maximum absolute atomic E-state index is 11.8. The molecule has 0 aliphatic heterocycles. The van der Waals surface area contributed by atoms with Crippen LogP contribution in [-0.4, -0.2) is 30.6 Å². The molecule has 94 valence electrons. The zero-order valence-electron chi connectivity index (χ0n) is 10.2. The summed E-state index contributed by atoms with van der Waals surface area (Å²) in [4.78, 5) is 26.0. The lowest BCUT2D eigenvalue weighted by atomic mass is 10.1. The number of hydrogen-bond acceptors (Lipinski definition) is 3. The van der Waals surface area contributed by atoms with Gasteiger partial charge in [0.2, 0.25) is 0 Å². The minimum absolute atomic E-state index is 0.0582.